The minimum Gasteiger partial charge on any atom is -0.391 e. The number of halogens is 1. The Labute approximate surface area is 70.9 Å². The van der Waals surface area contributed by atoms with Gasteiger partial charge in [-0.25, -0.2) is 0 Å². The van der Waals surface area contributed by atoms with Gasteiger partial charge in [-0.2, -0.15) is 8.42 Å². The number of nitrogens with two attached hydrogens (primary N) is 1. The second-order valence-corrected chi connectivity index (χ2v) is 3.55. The van der Waals surface area contributed by atoms with Gasteiger partial charge >= 0.3 is 0 Å². The Morgan fingerprint density at radius 1 is 1.64 bits per heavy atom. The molecule has 0 bridgehead atoms. The van der Waals surface area contributed by atoms with Crippen molar-refractivity contribution in [3.63, 3.8) is 0 Å². The number of hydrogen-bond donors (Lipinski definition) is 3. The van der Waals surface area contributed by atoms with Crippen molar-refractivity contribution in [2.45, 2.75) is 6.10 Å². The van der Waals surface area contributed by atoms with E-state index in [-0.39, 0.29) is 12.4 Å². The van der Waals surface area contributed by atoms with Gasteiger partial charge in [-0.1, -0.05) is 0 Å². The summed E-state index contributed by atoms with van der Waals surface area (Å²) in [7, 11) is -3.67. The van der Waals surface area contributed by atoms with E-state index in [1.54, 1.807) is 0 Å². The first-order valence-electron chi connectivity index (χ1n) is 2.67. The van der Waals surface area contributed by atoms with Crippen LogP contribution in [0.2, 0.25) is 0 Å². The summed E-state index contributed by atoms with van der Waals surface area (Å²) in [5.74, 6) is 0.233. The van der Waals surface area contributed by atoms with Crippen LogP contribution >= 0.6 is 11.6 Å². The highest BCUT2D eigenvalue weighted by molar-refractivity contribution is 7.85. The predicted octanol–water partition coefficient (Wildman–Crippen LogP) is -0.951. The lowest BCUT2D eigenvalue weighted by Gasteiger charge is -1.96. The fourth-order valence-corrected chi connectivity index (χ4v) is 0.189. The van der Waals surface area contributed by atoms with Crippen molar-refractivity contribution >= 4 is 21.7 Å². The largest absolute Gasteiger partial charge is 0.391 e. The van der Waals surface area contributed by atoms with Crippen LogP contribution < -0.4 is 5.73 Å². The van der Waals surface area contributed by atoms with E-state index in [9.17, 15) is 8.42 Å². The average molecular weight is 206 g/mol. The normalized spacial score (nSPS) is 13.2. The van der Waals surface area contributed by atoms with E-state index in [4.69, 9.17) is 27.0 Å². The van der Waals surface area contributed by atoms with Gasteiger partial charge in [0.25, 0.3) is 10.1 Å². The Hall–Kier alpha value is 0.120. The maximum absolute atomic E-state index is 9.19. The zero-order valence-corrected chi connectivity index (χ0v) is 7.64. The highest BCUT2D eigenvalue weighted by Gasteiger charge is 1.92. The van der Waals surface area contributed by atoms with Crippen LogP contribution in [0.5, 0.6) is 0 Å². The summed E-state index contributed by atoms with van der Waals surface area (Å²) in [5.41, 5.74) is 4.95. The molecule has 1 unspecified atom stereocenters. The summed E-state index contributed by atoms with van der Waals surface area (Å²) in [4.78, 5) is 0. The molecule has 0 saturated heterocycles. The molecule has 0 fully saturated rings. The molecule has 0 aromatic heterocycles. The summed E-state index contributed by atoms with van der Waals surface area (Å²) in [5, 5.41) is 8.41. The van der Waals surface area contributed by atoms with E-state index in [1.807, 2.05) is 0 Å². The average Bonchev–Trinajstić information content (AvgIpc) is 1.83. The second kappa shape index (κ2) is 6.81. The van der Waals surface area contributed by atoms with Gasteiger partial charge in [0.2, 0.25) is 0 Å². The number of hydrogen-bond acceptors (Lipinski definition) is 4. The third-order valence-corrected chi connectivity index (χ3v) is 0.806. The molecular formula is C4H12ClNO4S. The van der Waals surface area contributed by atoms with E-state index in [2.05, 4.69) is 0 Å². The van der Waals surface area contributed by atoms with Gasteiger partial charge in [-0.05, 0) is 0 Å². The van der Waals surface area contributed by atoms with Crippen molar-refractivity contribution < 1.29 is 18.1 Å². The van der Waals surface area contributed by atoms with Gasteiger partial charge in [0.05, 0.1) is 12.4 Å². The topological polar surface area (TPSA) is 101 Å². The molecule has 4 N–H and O–H groups in total. The summed E-state index contributed by atoms with van der Waals surface area (Å²) < 4.78 is 25.9. The molecule has 0 aromatic carbocycles. The van der Waals surface area contributed by atoms with Crippen LogP contribution in [0.1, 0.15) is 0 Å². The highest BCUT2D eigenvalue weighted by Crippen LogP contribution is 1.80. The fraction of sp³-hybridized carbons (Fsp3) is 1.00. The SMILES string of the molecule is CS(=O)(=O)O.NCC(O)CCl. The monoisotopic (exact) mass is 205 g/mol. The predicted molar refractivity (Wildman–Crippen MR) is 43.3 cm³/mol. The lowest BCUT2D eigenvalue weighted by molar-refractivity contribution is 0.206. The molecule has 1 atom stereocenters. The first kappa shape index (κ1) is 13.7. The Morgan fingerprint density at radius 3 is 1.91 bits per heavy atom. The molecule has 0 aliphatic carbocycles. The molecular weight excluding hydrogens is 194 g/mol. The van der Waals surface area contributed by atoms with Gasteiger partial charge in [-0.3, -0.25) is 4.55 Å². The van der Waals surface area contributed by atoms with Crippen LogP contribution in [0.25, 0.3) is 0 Å². The molecule has 0 aliphatic heterocycles. The number of aliphatic hydroxyl groups excluding tert-OH is 1. The van der Waals surface area contributed by atoms with Crippen molar-refractivity contribution in [3.05, 3.63) is 0 Å². The fourth-order valence-electron chi connectivity index (χ4n) is 0.0630. The first-order valence-corrected chi connectivity index (χ1v) is 5.06. The van der Waals surface area contributed by atoms with Crippen molar-refractivity contribution in [1.29, 1.82) is 0 Å². The first-order chi connectivity index (χ1) is 4.81. The van der Waals surface area contributed by atoms with Crippen LogP contribution in [0, 0.1) is 0 Å². The van der Waals surface area contributed by atoms with Crippen LogP contribution in [0.4, 0.5) is 0 Å². The summed E-state index contributed by atoms with van der Waals surface area (Å²) in [6.07, 6.45) is 0.194. The Balaban J connectivity index is 0. The smallest absolute Gasteiger partial charge is 0.261 e. The lowest BCUT2D eigenvalue weighted by atomic mass is 10.4. The van der Waals surface area contributed by atoms with Gasteiger partial charge in [0, 0.05) is 12.4 Å². The van der Waals surface area contributed by atoms with E-state index < -0.39 is 16.2 Å². The number of aliphatic hydroxyl groups is 1. The Kier molecular flexibility index (Phi) is 8.47. The summed E-state index contributed by atoms with van der Waals surface area (Å²) >= 11 is 5.12. The zero-order valence-electron chi connectivity index (χ0n) is 6.07. The number of alkyl halides is 1. The highest BCUT2D eigenvalue weighted by atomic mass is 35.5. The zero-order chi connectivity index (χ0) is 9.49. The maximum Gasteiger partial charge on any atom is 0.261 e. The van der Waals surface area contributed by atoms with Crippen LogP contribution in [0.15, 0.2) is 0 Å². The molecule has 0 amide bonds. The molecule has 0 rings (SSSR count). The molecule has 7 heteroatoms. The van der Waals surface area contributed by atoms with Crippen molar-refractivity contribution in [2.24, 2.45) is 5.73 Å². The summed E-state index contributed by atoms with van der Waals surface area (Å²) in [6.45, 7) is 0.253. The summed E-state index contributed by atoms with van der Waals surface area (Å²) in [6, 6.07) is 0. The van der Waals surface area contributed by atoms with Crippen LogP contribution in [-0.2, 0) is 10.1 Å². The molecule has 0 heterocycles. The van der Waals surface area contributed by atoms with Crippen molar-refractivity contribution in [3.8, 4) is 0 Å². The quantitative estimate of drug-likeness (QED) is 0.399. The minimum absolute atomic E-state index is 0.233. The third-order valence-electron chi connectivity index (χ3n) is 0.450. The minimum atomic E-state index is -3.67. The molecule has 11 heavy (non-hydrogen) atoms. The van der Waals surface area contributed by atoms with Crippen molar-refractivity contribution in [1.82, 2.24) is 0 Å². The van der Waals surface area contributed by atoms with E-state index in [1.165, 1.54) is 0 Å². The van der Waals surface area contributed by atoms with Gasteiger partial charge in [0.15, 0.2) is 0 Å². The lowest BCUT2D eigenvalue weighted by Crippen LogP contribution is -2.20. The molecule has 70 valence electrons. The molecule has 0 aliphatic rings. The molecule has 0 saturated carbocycles. The third kappa shape index (κ3) is 39.3. The second-order valence-electron chi connectivity index (χ2n) is 1.78. The standard InChI is InChI=1S/C3H8ClNO.CH4O3S/c4-1-3(6)2-5;1-5(2,3)4/h3,6H,1-2,5H2;1H3,(H,2,3,4). The van der Waals surface area contributed by atoms with E-state index >= 15 is 0 Å². The molecule has 0 aromatic rings. The van der Waals surface area contributed by atoms with Gasteiger partial charge < -0.3 is 10.8 Å². The Bertz CT molecular complexity index is 157. The number of rotatable bonds is 2. The van der Waals surface area contributed by atoms with E-state index in [0.717, 1.165) is 0 Å². The molecule has 0 spiro atoms. The molecule has 0 radical (unpaired) electrons. The Morgan fingerprint density at radius 2 is 1.91 bits per heavy atom. The van der Waals surface area contributed by atoms with Gasteiger partial charge in [-0.15, -0.1) is 11.6 Å². The van der Waals surface area contributed by atoms with E-state index in [0.29, 0.717) is 6.26 Å². The van der Waals surface area contributed by atoms with Crippen LogP contribution in [0.3, 0.4) is 0 Å². The van der Waals surface area contributed by atoms with Gasteiger partial charge in [0.1, 0.15) is 0 Å². The van der Waals surface area contributed by atoms with Crippen molar-refractivity contribution in [2.75, 3.05) is 18.7 Å². The van der Waals surface area contributed by atoms with Crippen LogP contribution in [-0.4, -0.2) is 42.9 Å². The molecule has 5 nitrogen and oxygen atoms in total. The maximum atomic E-state index is 9.19.